The van der Waals surface area contributed by atoms with Gasteiger partial charge in [-0.2, -0.15) is 0 Å². The third kappa shape index (κ3) is 8.65. The van der Waals surface area contributed by atoms with E-state index in [-0.39, 0.29) is 30.7 Å². The van der Waals surface area contributed by atoms with Crippen molar-refractivity contribution < 1.29 is 9.53 Å². The first-order chi connectivity index (χ1) is 8.27. The molecule has 2 N–H and O–H groups in total. The molecule has 19 heavy (non-hydrogen) atoms. The lowest BCUT2D eigenvalue weighted by Gasteiger charge is -2.22. The van der Waals surface area contributed by atoms with Crippen LogP contribution in [0.15, 0.2) is 0 Å². The molecule has 1 heterocycles. The van der Waals surface area contributed by atoms with Crippen molar-refractivity contribution in [3.05, 3.63) is 0 Å². The Kier molecular flexibility index (Phi) is 14.5. The quantitative estimate of drug-likeness (QED) is 0.646. The lowest BCUT2D eigenvalue weighted by Crippen LogP contribution is -2.43. The van der Waals surface area contributed by atoms with E-state index in [1.165, 1.54) is 19.4 Å². The second-order valence-electron chi connectivity index (χ2n) is 4.40. The molecule has 1 rings (SSSR count). The van der Waals surface area contributed by atoms with Gasteiger partial charge in [-0.3, -0.25) is 9.69 Å². The van der Waals surface area contributed by atoms with Crippen molar-refractivity contribution in [1.82, 2.24) is 15.5 Å². The number of ether oxygens (including phenoxy) is 1. The number of carbonyl (C=O) groups excluding carboxylic acids is 1. The van der Waals surface area contributed by atoms with Crippen molar-refractivity contribution in [2.75, 3.05) is 46.4 Å². The van der Waals surface area contributed by atoms with Gasteiger partial charge in [0.15, 0.2) is 0 Å². The Balaban J connectivity index is 0. The van der Waals surface area contributed by atoms with E-state index in [0.29, 0.717) is 25.7 Å². The first-order valence-electron chi connectivity index (χ1n) is 6.48. The Morgan fingerprint density at radius 3 is 2.79 bits per heavy atom. The Labute approximate surface area is 128 Å². The molecule has 1 saturated heterocycles. The van der Waals surface area contributed by atoms with E-state index >= 15 is 0 Å². The largest absolute Gasteiger partial charge is 0.383 e. The summed E-state index contributed by atoms with van der Waals surface area (Å²) < 4.78 is 4.89. The van der Waals surface area contributed by atoms with Gasteiger partial charge in [0.25, 0.3) is 0 Å². The standard InChI is InChI=1S/C12H25N3O2.2ClH/c1-3-15-7-4-5-11(15)9-14-12(16)10-13-6-8-17-2;;/h11,13H,3-10H2,1-2H3,(H,14,16);2*1H. The number of amides is 1. The van der Waals surface area contributed by atoms with Crippen LogP contribution in [0.25, 0.3) is 0 Å². The zero-order valence-electron chi connectivity index (χ0n) is 11.8. The van der Waals surface area contributed by atoms with Crippen molar-refractivity contribution in [1.29, 1.82) is 0 Å². The van der Waals surface area contributed by atoms with Crippen LogP contribution in [0.5, 0.6) is 0 Å². The first-order valence-corrected chi connectivity index (χ1v) is 6.48. The lowest BCUT2D eigenvalue weighted by atomic mass is 10.2. The van der Waals surface area contributed by atoms with Crippen LogP contribution in [0.4, 0.5) is 0 Å². The van der Waals surface area contributed by atoms with Gasteiger partial charge < -0.3 is 15.4 Å². The van der Waals surface area contributed by atoms with Crippen LogP contribution in [0.2, 0.25) is 0 Å². The fourth-order valence-electron chi connectivity index (χ4n) is 2.21. The highest BCUT2D eigenvalue weighted by molar-refractivity contribution is 5.85. The van der Waals surface area contributed by atoms with Crippen LogP contribution in [0.3, 0.4) is 0 Å². The van der Waals surface area contributed by atoms with Crippen LogP contribution < -0.4 is 10.6 Å². The number of methoxy groups -OCH3 is 1. The normalized spacial score (nSPS) is 18.5. The van der Waals surface area contributed by atoms with Crippen LogP contribution >= 0.6 is 24.8 Å². The second kappa shape index (κ2) is 12.9. The summed E-state index contributed by atoms with van der Waals surface area (Å²) in [5.74, 6) is 0.0732. The molecule has 0 aromatic rings. The van der Waals surface area contributed by atoms with Gasteiger partial charge in [0, 0.05) is 26.2 Å². The smallest absolute Gasteiger partial charge is 0.234 e. The number of likely N-dealkylation sites (tertiary alicyclic amines) is 1. The summed E-state index contributed by atoms with van der Waals surface area (Å²) >= 11 is 0. The van der Waals surface area contributed by atoms with Crippen LogP contribution in [-0.2, 0) is 9.53 Å². The molecule has 116 valence electrons. The molecule has 0 radical (unpaired) electrons. The van der Waals surface area contributed by atoms with Crippen LogP contribution in [0, 0.1) is 0 Å². The Morgan fingerprint density at radius 1 is 1.42 bits per heavy atom. The van der Waals surface area contributed by atoms with Crippen molar-refractivity contribution in [3.63, 3.8) is 0 Å². The SMILES string of the molecule is CCN1CCCC1CNC(=O)CNCCOC.Cl.Cl. The Hall–Kier alpha value is -0.0700. The van der Waals surface area contributed by atoms with Gasteiger partial charge in [-0.15, -0.1) is 24.8 Å². The summed E-state index contributed by atoms with van der Waals surface area (Å²) in [5, 5.41) is 6.02. The number of carbonyl (C=O) groups is 1. The predicted octanol–water partition coefficient (Wildman–Crippen LogP) is 0.666. The first kappa shape index (κ1) is 21.2. The number of nitrogens with zero attached hydrogens (tertiary/aromatic N) is 1. The van der Waals surface area contributed by atoms with E-state index in [1.54, 1.807) is 7.11 Å². The number of rotatable bonds is 8. The topological polar surface area (TPSA) is 53.6 Å². The molecule has 0 aliphatic carbocycles. The molecule has 1 aliphatic rings. The molecule has 0 aromatic heterocycles. The molecule has 0 bridgehead atoms. The van der Waals surface area contributed by atoms with Gasteiger partial charge in [0.2, 0.25) is 5.91 Å². The summed E-state index contributed by atoms with van der Waals surface area (Å²) in [6, 6.07) is 0.530. The summed E-state index contributed by atoms with van der Waals surface area (Å²) in [6.45, 7) is 6.93. The molecule has 1 amide bonds. The molecule has 1 unspecified atom stereocenters. The molecule has 0 spiro atoms. The molecule has 7 heteroatoms. The third-order valence-corrected chi connectivity index (χ3v) is 3.21. The molecule has 0 saturated carbocycles. The highest BCUT2D eigenvalue weighted by Crippen LogP contribution is 2.15. The van der Waals surface area contributed by atoms with Gasteiger partial charge in [-0.1, -0.05) is 6.92 Å². The molecular formula is C12H27Cl2N3O2. The lowest BCUT2D eigenvalue weighted by molar-refractivity contribution is -0.120. The van der Waals surface area contributed by atoms with Gasteiger partial charge in [-0.05, 0) is 25.9 Å². The Morgan fingerprint density at radius 2 is 2.16 bits per heavy atom. The van der Waals surface area contributed by atoms with E-state index < -0.39 is 0 Å². The highest BCUT2D eigenvalue weighted by atomic mass is 35.5. The maximum absolute atomic E-state index is 11.5. The van der Waals surface area contributed by atoms with E-state index in [2.05, 4.69) is 22.5 Å². The maximum atomic E-state index is 11.5. The molecule has 1 fully saturated rings. The minimum Gasteiger partial charge on any atom is -0.383 e. The minimum atomic E-state index is 0. The highest BCUT2D eigenvalue weighted by Gasteiger charge is 2.22. The molecule has 1 aliphatic heterocycles. The summed E-state index contributed by atoms with van der Waals surface area (Å²) in [7, 11) is 1.65. The van der Waals surface area contributed by atoms with E-state index in [9.17, 15) is 4.79 Å². The average Bonchev–Trinajstić information content (AvgIpc) is 2.79. The summed E-state index contributed by atoms with van der Waals surface area (Å²) in [4.78, 5) is 14.0. The van der Waals surface area contributed by atoms with Gasteiger partial charge in [0.05, 0.1) is 13.2 Å². The van der Waals surface area contributed by atoms with E-state index in [0.717, 1.165) is 13.1 Å². The van der Waals surface area contributed by atoms with Gasteiger partial charge in [-0.25, -0.2) is 0 Å². The van der Waals surface area contributed by atoms with Crippen LogP contribution in [0.1, 0.15) is 19.8 Å². The maximum Gasteiger partial charge on any atom is 0.234 e. The molecular weight excluding hydrogens is 289 g/mol. The number of hydrogen-bond donors (Lipinski definition) is 2. The predicted molar refractivity (Wildman–Crippen MR) is 82.5 cm³/mol. The van der Waals surface area contributed by atoms with Gasteiger partial charge >= 0.3 is 0 Å². The van der Waals surface area contributed by atoms with Crippen LogP contribution in [-0.4, -0.2) is 63.3 Å². The van der Waals surface area contributed by atoms with Crippen molar-refractivity contribution in [3.8, 4) is 0 Å². The zero-order chi connectivity index (χ0) is 12.5. The van der Waals surface area contributed by atoms with Crippen molar-refractivity contribution in [2.45, 2.75) is 25.8 Å². The van der Waals surface area contributed by atoms with Crippen molar-refractivity contribution >= 4 is 30.7 Å². The number of hydrogen-bond acceptors (Lipinski definition) is 4. The van der Waals surface area contributed by atoms with E-state index in [1.807, 2.05) is 0 Å². The summed E-state index contributed by atoms with van der Waals surface area (Å²) in [6.07, 6.45) is 2.45. The Bertz CT molecular complexity index is 233. The monoisotopic (exact) mass is 315 g/mol. The number of likely N-dealkylation sites (N-methyl/N-ethyl adjacent to an activating group) is 1. The molecule has 5 nitrogen and oxygen atoms in total. The molecule has 0 aromatic carbocycles. The fraction of sp³-hybridized carbons (Fsp3) is 0.917. The number of nitrogens with one attached hydrogen (secondary N) is 2. The molecule has 1 atom stereocenters. The third-order valence-electron chi connectivity index (χ3n) is 3.21. The number of halogens is 2. The zero-order valence-corrected chi connectivity index (χ0v) is 13.4. The second-order valence-corrected chi connectivity index (χ2v) is 4.40. The van der Waals surface area contributed by atoms with Gasteiger partial charge in [0.1, 0.15) is 0 Å². The fourth-order valence-corrected chi connectivity index (χ4v) is 2.21. The average molecular weight is 316 g/mol. The summed E-state index contributed by atoms with van der Waals surface area (Å²) in [5.41, 5.74) is 0. The van der Waals surface area contributed by atoms with E-state index in [4.69, 9.17) is 4.74 Å². The minimum absolute atomic E-state index is 0. The van der Waals surface area contributed by atoms with Crippen molar-refractivity contribution in [2.24, 2.45) is 0 Å².